The first-order valence-electron chi connectivity index (χ1n) is 9.15. The quantitative estimate of drug-likeness (QED) is 0.526. The zero-order chi connectivity index (χ0) is 19.3. The molecule has 7 heteroatoms. The second-order valence-corrected chi connectivity index (χ2v) is 6.50. The molecule has 3 heterocycles. The number of nitrogens with one attached hydrogen (secondary N) is 1. The van der Waals surface area contributed by atoms with Gasteiger partial charge in [0.05, 0.1) is 6.20 Å². The van der Waals surface area contributed by atoms with Crippen LogP contribution in [0.2, 0.25) is 0 Å². The van der Waals surface area contributed by atoms with Gasteiger partial charge in [-0.25, -0.2) is 15.0 Å². The Morgan fingerprint density at radius 3 is 2.71 bits per heavy atom. The van der Waals surface area contributed by atoms with Crippen LogP contribution in [-0.4, -0.2) is 37.0 Å². The molecular weight excluding hydrogens is 352 g/mol. The van der Waals surface area contributed by atoms with Gasteiger partial charge in [-0.2, -0.15) is 0 Å². The monoisotopic (exact) mass is 372 g/mol. The number of aromatic nitrogens is 5. The standard InChI is InChI=1S/C21H20N6O/c1-15-5-7-16(8-6-15)19-26-17-4-2-9-24-20(17)27(19)13-3-10-25-21(28)18-14-22-11-12-23-18/h2,4-9,11-12,14H,3,10,13H2,1H3,(H,25,28). The number of hydrogen-bond donors (Lipinski definition) is 1. The maximum atomic E-state index is 12.1. The molecule has 0 bridgehead atoms. The molecule has 0 unspecified atom stereocenters. The van der Waals surface area contributed by atoms with Gasteiger partial charge in [-0.05, 0) is 25.5 Å². The highest BCUT2D eigenvalue weighted by atomic mass is 16.1. The Labute approximate surface area is 162 Å². The smallest absolute Gasteiger partial charge is 0.271 e. The van der Waals surface area contributed by atoms with Gasteiger partial charge >= 0.3 is 0 Å². The third-order valence-electron chi connectivity index (χ3n) is 4.45. The van der Waals surface area contributed by atoms with Crippen LogP contribution in [0.1, 0.15) is 22.5 Å². The number of aryl methyl sites for hydroxylation is 2. The Hall–Kier alpha value is -3.61. The number of amides is 1. The van der Waals surface area contributed by atoms with E-state index in [2.05, 4.69) is 56.0 Å². The molecule has 1 N–H and O–H groups in total. The fourth-order valence-corrected chi connectivity index (χ4v) is 3.04. The van der Waals surface area contributed by atoms with Crippen LogP contribution in [0.4, 0.5) is 0 Å². The van der Waals surface area contributed by atoms with Gasteiger partial charge in [0.25, 0.3) is 5.91 Å². The van der Waals surface area contributed by atoms with Gasteiger partial charge in [0.2, 0.25) is 0 Å². The third-order valence-corrected chi connectivity index (χ3v) is 4.45. The fourth-order valence-electron chi connectivity index (χ4n) is 3.04. The molecule has 0 aliphatic heterocycles. The molecule has 0 aliphatic rings. The molecule has 4 aromatic rings. The van der Waals surface area contributed by atoms with Gasteiger partial charge in [0.15, 0.2) is 5.65 Å². The van der Waals surface area contributed by atoms with E-state index in [1.165, 1.54) is 18.0 Å². The molecule has 0 radical (unpaired) electrons. The summed E-state index contributed by atoms with van der Waals surface area (Å²) in [5.74, 6) is 0.662. The lowest BCUT2D eigenvalue weighted by molar-refractivity contribution is 0.0947. The molecule has 0 saturated carbocycles. The van der Waals surface area contributed by atoms with E-state index in [9.17, 15) is 4.79 Å². The summed E-state index contributed by atoms with van der Waals surface area (Å²) in [7, 11) is 0. The van der Waals surface area contributed by atoms with E-state index >= 15 is 0 Å². The second-order valence-electron chi connectivity index (χ2n) is 6.50. The summed E-state index contributed by atoms with van der Waals surface area (Å²) in [6.45, 7) is 3.28. The molecule has 1 aromatic carbocycles. The molecule has 7 nitrogen and oxygen atoms in total. The number of hydrogen-bond acceptors (Lipinski definition) is 5. The van der Waals surface area contributed by atoms with Crippen molar-refractivity contribution in [1.82, 2.24) is 29.8 Å². The van der Waals surface area contributed by atoms with E-state index < -0.39 is 0 Å². The van der Waals surface area contributed by atoms with Crippen LogP contribution in [0.25, 0.3) is 22.6 Å². The van der Waals surface area contributed by atoms with Gasteiger partial charge < -0.3 is 9.88 Å². The summed E-state index contributed by atoms with van der Waals surface area (Å²) in [5.41, 5.74) is 4.28. The van der Waals surface area contributed by atoms with Crippen molar-refractivity contribution in [2.75, 3.05) is 6.54 Å². The number of benzene rings is 1. The summed E-state index contributed by atoms with van der Waals surface area (Å²) in [4.78, 5) is 29.3. The van der Waals surface area contributed by atoms with Crippen molar-refractivity contribution in [3.05, 3.63) is 72.4 Å². The lowest BCUT2D eigenvalue weighted by atomic mass is 10.1. The number of carbonyl (C=O) groups excluding carboxylic acids is 1. The molecular formula is C21H20N6O. The predicted molar refractivity (Wildman–Crippen MR) is 107 cm³/mol. The van der Waals surface area contributed by atoms with E-state index in [-0.39, 0.29) is 5.91 Å². The minimum Gasteiger partial charge on any atom is -0.351 e. The lowest BCUT2D eigenvalue weighted by Gasteiger charge is -2.10. The molecule has 0 fully saturated rings. The Balaban J connectivity index is 1.50. The van der Waals surface area contributed by atoms with Crippen molar-refractivity contribution in [3.8, 4) is 11.4 Å². The topological polar surface area (TPSA) is 85.6 Å². The number of fused-ring (bicyclic) bond motifs is 1. The summed E-state index contributed by atoms with van der Waals surface area (Å²) >= 11 is 0. The minimum atomic E-state index is -0.222. The van der Waals surface area contributed by atoms with Crippen molar-refractivity contribution in [3.63, 3.8) is 0 Å². The summed E-state index contributed by atoms with van der Waals surface area (Å²) in [6.07, 6.45) is 7.02. The van der Waals surface area contributed by atoms with Crippen molar-refractivity contribution >= 4 is 17.1 Å². The van der Waals surface area contributed by atoms with E-state index in [1.54, 1.807) is 12.4 Å². The zero-order valence-corrected chi connectivity index (χ0v) is 15.5. The summed E-state index contributed by atoms with van der Waals surface area (Å²) in [5, 5.41) is 2.88. The highest BCUT2D eigenvalue weighted by molar-refractivity contribution is 5.91. The molecule has 0 saturated heterocycles. The lowest BCUT2D eigenvalue weighted by Crippen LogP contribution is -2.26. The predicted octanol–water partition coefficient (Wildman–Crippen LogP) is 3.02. The maximum absolute atomic E-state index is 12.1. The molecule has 3 aromatic heterocycles. The van der Waals surface area contributed by atoms with Crippen LogP contribution in [0.15, 0.2) is 61.2 Å². The fraction of sp³-hybridized carbons (Fsp3) is 0.190. The molecule has 140 valence electrons. The number of pyridine rings is 1. The van der Waals surface area contributed by atoms with Gasteiger partial charge in [-0.1, -0.05) is 29.8 Å². The summed E-state index contributed by atoms with van der Waals surface area (Å²) in [6, 6.07) is 12.2. The number of carbonyl (C=O) groups is 1. The van der Waals surface area contributed by atoms with Crippen molar-refractivity contribution in [1.29, 1.82) is 0 Å². The van der Waals surface area contributed by atoms with Crippen molar-refractivity contribution < 1.29 is 4.79 Å². The Kier molecular flexibility index (Phi) is 5.05. The Morgan fingerprint density at radius 2 is 1.93 bits per heavy atom. The molecule has 0 atom stereocenters. The van der Waals surface area contributed by atoms with Gasteiger partial charge in [0, 0.05) is 37.2 Å². The second kappa shape index (κ2) is 7.96. The summed E-state index contributed by atoms with van der Waals surface area (Å²) < 4.78 is 2.11. The van der Waals surface area contributed by atoms with Crippen LogP contribution in [0.3, 0.4) is 0 Å². The average Bonchev–Trinajstić information content (AvgIpc) is 3.11. The van der Waals surface area contributed by atoms with Crippen LogP contribution in [-0.2, 0) is 6.54 Å². The minimum absolute atomic E-state index is 0.222. The zero-order valence-electron chi connectivity index (χ0n) is 15.5. The number of nitrogens with zero attached hydrogens (tertiary/aromatic N) is 5. The van der Waals surface area contributed by atoms with Crippen LogP contribution in [0.5, 0.6) is 0 Å². The van der Waals surface area contributed by atoms with Crippen molar-refractivity contribution in [2.24, 2.45) is 0 Å². The van der Waals surface area contributed by atoms with E-state index in [0.717, 1.165) is 29.0 Å². The van der Waals surface area contributed by atoms with Crippen molar-refractivity contribution in [2.45, 2.75) is 19.9 Å². The normalized spacial score (nSPS) is 10.9. The highest BCUT2D eigenvalue weighted by Crippen LogP contribution is 2.24. The number of imidazole rings is 1. The maximum Gasteiger partial charge on any atom is 0.271 e. The Morgan fingerprint density at radius 1 is 1.07 bits per heavy atom. The largest absolute Gasteiger partial charge is 0.351 e. The average molecular weight is 372 g/mol. The van der Waals surface area contributed by atoms with Gasteiger partial charge in [-0.3, -0.25) is 9.78 Å². The third kappa shape index (κ3) is 3.73. The molecule has 4 rings (SSSR count). The first-order valence-corrected chi connectivity index (χ1v) is 9.15. The number of rotatable bonds is 6. The van der Waals surface area contributed by atoms with Gasteiger partial charge in [-0.15, -0.1) is 0 Å². The molecule has 1 amide bonds. The molecule has 0 aliphatic carbocycles. The molecule has 0 spiro atoms. The van der Waals surface area contributed by atoms with Gasteiger partial charge in [0.1, 0.15) is 17.0 Å². The van der Waals surface area contributed by atoms with E-state index in [1.807, 2.05) is 12.1 Å². The van der Waals surface area contributed by atoms with Crippen LogP contribution < -0.4 is 5.32 Å². The van der Waals surface area contributed by atoms with Crippen LogP contribution in [0, 0.1) is 6.92 Å². The van der Waals surface area contributed by atoms with Crippen LogP contribution >= 0.6 is 0 Å². The first-order chi connectivity index (χ1) is 13.7. The first kappa shape index (κ1) is 17.8. The SMILES string of the molecule is Cc1ccc(-c2nc3cccnc3n2CCCNC(=O)c2cnccn2)cc1. The van der Waals surface area contributed by atoms with E-state index in [0.29, 0.717) is 18.8 Å². The Bertz CT molecular complexity index is 1090. The van der Waals surface area contributed by atoms with E-state index in [4.69, 9.17) is 4.98 Å². The highest BCUT2D eigenvalue weighted by Gasteiger charge is 2.13. The molecule has 28 heavy (non-hydrogen) atoms.